The van der Waals surface area contributed by atoms with E-state index < -0.39 is 5.97 Å². The van der Waals surface area contributed by atoms with Gasteiger partial charge in [-0.1, -0.05) is 42.0 Å². The van der Waals surface area contributed by atoms with Crippen LogP contribution in [0.2, 0.25) is 0 Å². The molecule has 1 N–H and O–H groups in total. The average Bonchev–Trinajstić information content (AvgIpc) is 2.98. The van der Waals surface area contributed by atoms with Crippen LogP contribution in [0.1, 0.15) is 18.9 Å². The van der Waals surface area contributed by atoms with Gasteiger partial charge in [-0.25, -0.2) is 0 Å². The Morgan fingerprint density at radius 3 is 2.53 bits per heavy atom. The van der Waals surface area contributed by atoms with Gasteiger partial charge in [-0.15, -0.1) is 0 Å². The summed E-state index contributed by atoms with van der Waals surface area (Å²) < 4.78 is 0. The molecule has 1 fully saturated rings. The molecule has 78 valence electrons. The van der Waals surface area contributed by atoms with Crippen molar-refractivity contribution in [2.45, 2.75) is 13.3 Å². The predicted octanol–water partition coefficient (Wildman–Crippen LogP) is 2.81. The van der Waals surface area contributed by atoms with E-state index in [1.165, 1.54) is 5.57 Å². The maximum atomic E-state index is 10.7. The molecule has 1 aromatic carbocycles. The number of benzene rings is 1. The van der Waals surface area contributed by atoms with Gasteiger partial charge in [-0.3, -0.25) is 4.79 Å². The number of allylic oxidation sites excluding steroid dienone is 1. The van der Waals surface area contributed by atoms with Gasteiger partial charge in [0.15, 0.2) is 0 Å². The summed E-state index contributed by atoms with van der Waals surface area (Å²) in [5, 5.41) is 8.81. The highest BCUT2D eigenvalue weighted by Crippen LogP contribution is 2.44. The van der Waals surface area contributed by atoms with Crippen LogP contribution in [-0.4, -0.2) is 11.1 Å². The van der Waals surface area contributed by atoms with Gasteiger partial charge in [-0.05, 0) is 24.8 Å². The third-order valence-electron chi connectivity index (χ3n) is 2.89. The topological polar surface area (TPSA) is 37.3 Å². The molecule has 15 heavy (non-hydrogen) atoms. The van der Waals surface area contributed by atoms with Crippen LogP contribution < -0.4 is 0 Å². The fourth-order valence-electron chi connectivity index (χ4n) is 1.89. The first kappa shape index (κ1) is 9.97. The van der Waals surface area contributed by atoms with E-state index >= 15 is 0 Å². The zero-order valence-corrected chi connectivity index (χ0v) is 8.68. The summed E-state index contributed by atoms with van der Waals surface area (Å²) in [6.45, 7) is 2.01. The van der Waals surface area contributed by atoms with Crippen LogP contribution in [0.25, 0.3) is 6.08 Å². The molecule has 0 spiro atoms. The fraction of sp³-hybridized carbons (Fsp3) is 0.308. The fourth-order valence-corrected chi connectivity index (χ4v) is 1.89. The minimum atomic E-state index is -0.666. The summed E-state index contributed by atoms with van der Waals surface area (Å²) in [4.78, 5) is 10.7. The molecule has 0 radical (unpaired) electrons. The third-order valence-corrected chi connectivity index (χ3v) is 2.89. The second-order valence-corrected chi connectivity index (χ2v) is 4.09. The van der Waals surface area contributed by atoms with Crippen molar-refractivity contribution in [1.82, 2.24) is 0 Å². The lowest BCUT2D eigenvalue weighted by molar-refractivity contribution is -0.138. The van der Waals surface area contributed by atoms with Crippen molar-refractivity contribution in [3.8, 4) is 0 Å². The monoisotopic (exact) mass is 202 g/mol. The Labute approximate surface area is 89.2 Å². The number of rotatable bonds is 3. The lowest BCUT2D eigenvalue weighted by atomic mass is 10.1. The third kappa shape index (κ3) is 2.27. The minimum Gasteiger partial charge on any atom is -0.481 e. The maximum Gasteiger partial charge on any atom is 0.307 e. The predicted molar refractivity (Wildman–Crippen MR) is 59.3 cm³/mol. The molecule has 2 unspecified atom stereocenters. The second kappa shape index (κ2) is 3.89. The molecule has 0 aromatic heterocycles. The molecule has 0 bridgehead atoms. The standard InChI is InChI=1S/C13H14O2/c1-9(11-8-12(11)13(14)15)7-10-5-3-2-4-6-10/h2-7,11-12H,8H2,1H3,(H,14,15)/b9-7-. The number of carbonyl (C=O) groups is 1. The molecule has 2 nitrogen and oxygen atoms in total. The van der Waals surface area contributed by atoms with Crippen molar-refractivity contribution in [2.24, 2.45) is 11.8 Å². The molecule has 0 aliphatic heterocycles. The van der Waals surface area contributed by atoms with Crippen LogP contribution >= 0.6 is 0 Å². The minimum absolute atomic E-state index is 0.148. The SMILES string of the molecule is C/C(=C/c1ccccc1)C1CC1C(=O)O. The van der Waals surface area contributed by atoms with Gasteiger partial charge >= 0.3 is 5.97 Å². The Bertz CT molecular complexity index is 392. The van der Waals surface area contributed by atoms with Crippen molar-refractivity contribution in [3.05, 3.63) is 41.5 Å². The zero-order chi connectivity index (χ0) is 10.8. The van der Waals surface area contributed by atoms with Crippen molar-refractivity contribution in [3.63, 3.8) is 0 Å². The number of carboxylic acids is 1. The highest BCUT2D eigenvalue weighted by molar-refractivity contribution is 5.75. The quantitative estimate of drug-likeness (QED) is 0.818. The van der Waals surface area contributed by atoms with Crippen molar-refractivity contribution < 1.29 is 9.90 Å². The Morgan fingerprint density at radius 1 is 1.33 bits per heavy atom. The van der Waals surface area contributed by atoms with Crippen molar-refractivity contribution in [2.75, 3.05) is 0 Å². The van der Waals surface area contributed by atoms with Crippen LogP contribution in [-0.2, 0) is 4.79 Å². The van der Waals surface area contributed by atoms with Gasteiger partial charge in [0.05, 0.1) is 5.92 Å². The van der Waals surface area contributed by atoms with E-state index in [-0.39, 0.29) is 11.8 Å². The summed E-state index contributed by atoms with van der Waals surface area (Å²) in [5.74, 6) is -0.562. The highest BCUT2D eigenvalue weighted by atomic mass is 16.4. The van der Waals surface area contributed by atoms with E-state index in [9.17, 15) is 4.79 Å². The van der Waals surface area contributed by atoms with E-state index in [2.05, 4.69) is 6.08 Å². The summed E-state index contributed by atoms with van der Waals surface area (Å²) in [6, 6.07) is 10.0. The van der Waals surface area contributed by atoms with Gasteiger partial charge in [0.25, 0.3) is 0 Å². The first-order chi connectivity index (χ1) is 7.18. The molecule has 1 aromatic rings. The summed E-state index contributed by atoms with van der Waals surface area (Å²) >= 11 is 0. The molecule has 2 heteroatoms. The number of hydrogen-bond donors (Lipinski definition) is 1. The summed E-state index contributed by atoms with van der Waals surface area (Å²) in [6.07, 6.45) is 2.87. The Morgan fingerprint density at radius 2 is 2.00 bits per heavy atom. The first-order valence-electron chi connectivity index (χ1n) is 5.14. The normalized spacial score (nSPS) is 25.0. The molecule has 1 saturated carbocycles. The first-order valence-corrected chi connectivity index (χ1v) is 5.14. The Kier molecular flexibility index (Phi) is 2.58. The lowest BCUT2D eigenvalue weighted by Crippen LogP contribution is -1.99. The van der Waals surface area contributed by atoms with E-state index in [0.717, 1.165) is 12.0 Å². The largest absolute Gasteiger partial charge is 0.481 e. The summed E-state index contributed by atoms with van der Waals surface area (Å²) in [7, 11) is 0. The molecular weight excluding hydrogens is 188 g/mol. The van der Waals surface area contributed by atoms with Crippen LogP contribution in [0.3, 0.4) is 0 Å². The Balaban J connectivity index is 2.07. The molecule has 1 aliphatic rings. The zero-order valence-electron chi connectivity index (χ0n) is 8.68. The molecular formula is C13H14O2. The van der Waals surface area contributed by atoms with Gasteiger partial charge in [-0.2, -0.15) is 0 Å². The number of hydrogen-bond acceptors (Lipinski definition) is 1. The average molecular weight is 202 g/mol. The number of aliphatic carboxylic acids is 1. The maximum absolute atomic E-state index is 10.7. The van der Waals surface area contributed by atoms with Gasteiger partial charge in [0.1, 0.15) is 0 Å². The van der Waals surface area contributed by atoms with Gasteiger partial charge < -0.3 is 5.11 Å². The molecule has 0 saturated heterocycles. The smallest absolute Gasteiger partial charge is 0.307 e. The highest BCUT2D eigenvalue weighted by Gasteiger charge is 2.43. The molecule has 2 rings (SSSR count). The molecule has 0 heterocycles. The molecule has 0 amide bonds. The summed E-state index contributed by atoms with van der Waals surface area (Å²) in [5.41, 5.74) is 2.32. The van der Waals surface area contributed by atoms with E-state index in [0.29, 0.717) is 0 Å². The molecule has 1 aliphatic carbocycles. The van der Waals surface area contributed by atoms with E-state index in [1.807, 2.05) is 37.3 Å². The second-order valence-electron chi connectivity index (χ2n) is 4.09. The van der Waals surface area contributed by atoms with Gasteiger partial charge in [0, 0.05) is 0 Å². The molecule has 2 atom stereocenters. The van der Waals surface area contributed by atoms with Crippen LogP contribution in [0.15, 0.2) is 35.9 Å². The van der Waals surface area contributed by atoms with E-state index in [1.54, 1.807) is 0 Å². The van der Waals surface area contributed by atoms with Gasteiger partial charge in [0.2, 0.25) is 0 Å². The van der Waals surface area contributed by atoms with Crippen LogP contribution in [0.5, 0.6) is 0 Å². The van der Waals surface area contributed by atoms with Crippen LogP contribution in [0.4, 0.5) is 0 Å². The lowest BCUT2D eigenvalue weighted by Gasteiger charge is -1.98. The number of carboxylic acid groups (broad SMARTS) is 1. The van der Waals surface area contributed by atoms with Crippen molar-refractivity contribution >= 4 is 12.0 Å². The van der Waals surface area contributed by atoms with Crippen LogP contribution in [0, 0.1) is 11.8 Å². The van der Waals surface area contributed by atoms with E-state index in [4.69, 9.17) is 5.11 Å². The van der Waals surface area contributed by atoms with Crippen molar-refractivity contribution in [1.29, 1.82) is 0 Å². The Hall–Kier alpha value is -1.57.